The number of hydrogen-bond acceptors (Lipinski definition) is 2. The van der Waals surface area contributed by atoms with Crippen molar-refractivity contribution in [1.29, 1.82) is 0 Å². The summed E-state index contributed by atoms with van der Waals surface area (Å²) in [7, 11) is 0. The summed E-state index contributed by atoms with van der Waals surface area (Å²) in [6.45, 7) is 4.90. The van der Waals surface area contributed by atoms with Gasteiger partial charge < -0.3 is 4.74 Å². The lowest BCUT2D eigenvalue weighted by molar-refractivity contribution is 0.222. The molecule has 0 N–H and O–H groups in total. The lowest BCUT2D eigenvalue weighted by Gasteiger charge is -2.15. The molecule has 0 fully saturated rings. The fourth-order valence-electron chi connectivity index (χ4n) is 1.58. The van der Waals surface area contributed by atoms with Gasteiger partial charge in [0.1, 0.15) is 0 Å². The molecule has 1 heterocycles. The predicted molar refractivity (Wildman–Crippen MR) is 63.0 cm³/mol. The third kappa shape index (κ3) is 4.17. The quantitative estimate of drug-likeness (QED) is 0.658. The molecule has 1 rings (SSSR count). The zero-order valence-electron chi connectivity index (χ0n) is 10.1. The first kappa shape index (κ1) is 12.9. The second-order valence-electron chi connectivity index (χ2n) is 4.02. The number of unbranched alkanes of at least 4 members (excludes halogenated alkanes) is 1. The van der Waals surface area contributed by atoms with Crippen LogP contribution in [0.3, 0.4) is 0 Å². The van der Waals surface area contributed by atoms with Crippen LogP contribution in [0.25, 0.3) is 0 Å². The van der Waals surface area contributed by atoms with Crippen molar-refractivity contribution in [3.63, 3.8) is 0 Å². The summed E-state index contributed by atoms with van der Waals surface area (Å²) < 4.78 is 18.6. The maximum atomic E-state index is 13.2. The Kier molecular flexibility index (Phi) is 5.83. The van der Waals surface area contributed by atoms with E-state index in [1.165, 1.54) is 19.0 Å². The average molecular weight is 225 g/mol. The number of halogens is 1. The fourth-order valence-corrected chi connectivity index (χ4v) is 1.58. The Morgan fingerprint density at radius 3 is 2.88 bits per heavy atom. The van der Waals surface area contributed by atoms with Crippen molar-refractivity contribution in [2.24, 2.45) is 5.92 Å². The highest BCUT2D eigenvalue weighted by Gasteiger charge is 2.09. The molecule has 0 aliphatic heterocycles. The summed E-state index contributed by atoms with van der Waals surface area (Å²) in [5.74, 6) is 0.254. The van der Waals surface area contributed by atoms with Gasteiger partial charge in [0.2, 0.25) is 0 Å². The van der Waals surface area contributed by atoms with E-state index in [2.05, 4.69) is 18.8 Å². The Morgan fingerprint density at radius 1 is 1.44 bits per heavy atom. The molecule has 1 aromatic rings. The highest BCUT2D eigenvalue weighted by Crippen LogP contribution is 2.17. The Morgan fingerprint density at radius 2 is 2.25 bits per heavy atom. The number of aromatic nitrogens is 1. The largest absolute Gasteiger partial charge is 0.489 e. The first-order valence-corrected chi connectivity index (χ1v) is 6.01. The Balaban J connectivity index is 2.40. The first-order valence-electron chi connectivity index (χ1n) is 6.01. The van der Waals surface area contributed by atoms with Crippen LogP contribution < -0.4 is 4.74 Å². The lowest BCUT2D eigenvalue weighted by atomic mass is 10.0. The van der Waals surface area contributed by atoms with Crippen LogP contribution in [0.2, 0.25) is 0 Å². The summed E-state index contributed by atoms with van der Waals surface area (Å²) in [6.07, 6.45) is 6.04. The average Bonchev–Trinajstić information content (AvgIpc) is 2.31. The van der Waals surface area contributed by atoms with Gasteiger partial charge in [0.25, 0.3) is 5.95 Å². The van der Waals surface area contributed by atoms with E-state index in [4.69, 9.17) is 4.74 Å². The molecule has 90 valence electrons. The highest BCUT2D eigenvalue weighted by atomic mass is 19.1. The van der Waals surface area contributed by atoms with Gasteiger partial charge in [-0.05, 0) is 24.5 Å². The molecule has 1 atom stereocenters. The molecule has 0 aliphatic carbocycles. The number of rotatable bonds is 7. The summed E-state index contributed by atoms with van der Waals surface area (Å²) in [4.78, 5) is 3.55. The Hall–Kier alpha value is -1.12. The number of hydrogen-bond donors (Lipinski definition) is 0. The van der Waals surface area contributed by atoms with Crippen molar-refractivity contribution in [2.75, 3.05) is 6.61 Å². The number of pyridine rings is 1. The third-order valence-electron chi connectivity index (χ3n) is 2.74. The molecule has 0 bridgehead atoms. The van der Waals surface area contributed by atoms with Crippen molar-refractivity contribution in [2.45, 2.75) is 39.5 Å². The topological polar surface area (TPSA) is 22.1 Å². The van der Waals surface area contributed by atoms with E-state index in [1.54, 1.807) is 12.1 Å². The van der Waals surface area contributed by atoms with E-state index in [0.29, 0.717) is 12.5 Å². The van der Waals surface area contributed by atoms with Crippen LogP contribution in [0.4, 0.5) is 4.39 Å². The van der Waals surface area contributed by atoms with Crippen molar-refractivity contribution in [3.8, 4) is 5.75 Å². The molecule has 0 saturated heterocycles. The van der Waals surface area contributed by atoms with Gasteiger partial charge in [-0.25, -0.2) is 4.98 Å². The Labute approximate surface area is 96.8 Å². The number of nitrogens with zero attached hydrogens (tertiary/aromatic N) is 1. The van der Waals surface area contributed by atoms with Gasteiger partial charge in [-0.3, -0.25) is 0 Å². The minimum Gasteiger partial charge on any atom is -0.489 e. The van der Waals surface area contributed by atoms with Gasteiger partial charge in [0.05, 0.1) is 6.61 Å². The van der Waals surface area contributed by atoms with Crippen LogP contribution in [0.1, 0.15) is 39.5 Å². The van der Waals surface area contributed by atoms with Crippen LogP contribution in [0.5, 0.6) is 5.75 Å². The van der Waals surface area contributed by atoms with Gasteiger partial charge in [-0.2, -0.15) is 4.39 Å². The van der Waals surface area contributed by atoms with Crippen LogP contribution in [-0.2, 0) is 0 Å². The molecular formula is C13H20FNO. The monoisotopic (exact) mass is 225 g/mol. The van der Waals surface area contributed by atoms with E-state index in [-0.39, 0.29) is 5.75 Å². The van der Waals surface area contributed by atoms with E-state index in [9.17, 15) is 4.39 Å². The van der Waals surface area contributed by atoms with E-state index in [0.717, 1.165) is 12.8 Å². The van der Waals surface area contributed by atoms with Crippen LogP contribution in [-0.4, -0.2) is 11.6 Å². The van der Waals surface area contributed by atoms with Crippen molar-refractivity contribution in [3.05, 3.63) is 24.3 Å². The number of ether oxygens (including phenoxy) is 1. The fraction of sp³-hybridized carbons (Fsp3) is 0.615. The molecule has 1 aromatic heterocycles. The zero-order chi connectivity index (χ0) is 11.8. The van der Waals surface area contributed by atoms with Crippen LogP contribution in [0, 0.1) is 11.9 Å². The molecule has 0 spiro atoms. The summed E-state index contributed by atoms with van der Waals surface area (Å²) in [6, 6.07) is 3.31. The zero-order valence-corrected chi connectivity index (χ0v) is 10.1. The standard InChI is InChI=1S/C13H20FNO/c1-3-5-7-11(4-2)10-16-12-8-6-9-15-13(12)14/h6,8-9,11H,3-5,7,10H2,1-2H3. The van der Waals surface area contributed by atoms with Gasteiger partial charge in [-0.15, -0.1) is 0 Å². The van der Waals surface area contributed by atoms with Crippen LogP contribution in [0.15, 0.2) is 18.3 Å². The van der Waals surface area contributed by atoms with Crippen molar-refractivity contribution < 1.29 is 9.13 Å². The van der Waals surface area contributed by atoms with Gasteiger partial charge in [0, 0.05) is 6.20 Å². The molecule has 0 saturated carbocycles. The molecule has 2 nitrogen and oxygen atoms in total. The first-order chi connectivity index (χ1) is 7.77. The molecule has 0 aromatic carbocycles. The minimum atomic E-state index is -0.521. The van der Waals surface area contributed by atoms with Gasteiger partial charge >= 0.3 is 0 Å². The molecule has 1 unspecified atom stereocenters. The molecule has 16 heavy (non-hydrogen) atoms. The molecule has 0 aliphatic rings. The second kappa shape index (κ2) is 7.20. The maximum Gasteiger partial charge on any atom is 0.255 e. The SMILES string of the molecule is CCCCC(CC)COc1cccnc1F. The molecular weight excluding hydrogens is 205 g/mol. The minimum absolute atomic E-state index is 0.262. The summed E-state index contributed by atoms with van der Waals surface area (Å²) >= 11 is 0. The predicted octanol–water partition coefficient (Wildman–Crippen LogP) is 3.82. The van der Waals surface area contributed by atoms with Crippen molar-refractivity contribution in [1.82, 2.24) is 4.98 Å². The summed E-state index contributed by atoms with van der Waals surface area (Å²) in [5, 5.41) is 0. The Bertz CT molecular complexity index is 304. The highest BCUT2D eigenvalue weighted by molar-refractivity contribution is 5.17. The summed E-state index contributed by atoms with van der Waals surface area (Å²) in [5.41, 5.74) is 0. The molecule has 3 heteroatoms. The third-order valence-corrected chi connectivity index (χ3v) is 2.74. The van der Waals surface area contributed by atoms with E-state index in [1.807, 2.05) is 0 Å². The van der Waals surface area contributed by atoms with E-state index < -0.39 is 5.95 Å². The molecule has 0 radical (unpaired) electrons. The smallest absolute Gasteiger partial charge is 0.255 e. The van der Waals surface area contributed by atoms with Crippen molar-refractivity contribution >= 4 is 0 Å². The van der Waals surface area contributed by atoms with Gasteiger partial charge in [-0.1, -0.05) is 33.1 Å². The van der Waals surface area contributed by atoms with E-state index >= 15 is 0 Å². The normalized spacial score (nSPS) is 12.4. The van der Waals surface area contributed by atoms with Gasteiger partial charge in [0.15, 0.2) is 5.75 Å². The lowest BCUT2D eigenvalue weighted by Crippen LogP contribution is -2.12. The second-order valence-corrected chi connectivity index (χ2v) is 4.02. The van der Waals surface area contributed by atoms with Crippen LogP contribution >= 0.6 is 0 Å². The maximum absolute atomic E-state index is 13.2. The molecule has 0 amide bonds.